The maximum atomic E-state index is 13.6. The molecule has 4 rings (SSSR count). The van der Waals surface area contributed by atoms with Crippen LogP contribution in [-0.2, 0) is 16.0 Å². The predicted molar refractivity (Wildman–Crippen MR) is 94.1 cm³/mol. The van der Waals surface area contributed by atoms with E-state index >= 15 is 0 Å². The van der Waals surface area contributed by atoms with Crippen LogP contribution in [0, 0.1) is 0 Å². The molecule has 1 N–H and O–H groups in total. The van der Waals surface area contributed by atoms with Crippen molar-refractivity contribution in [1.82, 2.24) is 30.0 Å². The molecule has 13 heteroatoms. The van der Waals surface area contributed by atoms with Gasteiger partial charge in [-0.25, -0.2) is 18.5 Å². The van der Waals surface area contributed by atoms with Gasteiger partial charge in [0, 0.05) is 29.0 Å². The van der Waals surface area contributed by atoms with Crippen LogP contribution in [0.25, 0.3) is 32.9 Å². The Hall–Kier alpha value is -2.93. The van der Waals surface area contributed by atoms with Gasteiger partial charge in [0.25, 0.3) is 0 Å². The van der Waals surface area contributed by atoms with E-state index in [-0.39, 0.29) is 17.0 Å². The molecule has 0 aliphatic heterocycles. The van der Waals surface area contributed by atoms with Gasteiger partial charge in [-0.2, -0.15) is 17.5 Å². The monoisotopic (exact) mass is 426 g/mol. The number of sulfone groups is 1. The van der Waals surface area contributed by atoms with Gasteiger partial charge in [-0.15, -0.1) is 5.10 Å². The number of aromatic amines is 1. The fourth-order valence-electron chi connectivity index (χ4n) is 2.86. The minimum Gasteiger partial charge on any atom is -0.239 e. The first-order valence-corrected chi connectivity index (χ1v) is 10.2. The van der Waals surface area contributed by atoms with E-state index in [1.165, 1.54) is 12.3 Å². The number of aromatic nitrogens is 6. The van der Waals surface area contributed by atoms with Crippen LogP contribution in [0.3, 0.4) is 0 Å². The zero-order valence-electron chi connectivity index (χ0n) is 13.9. The highest BCUT2D eigenvalue weighted by molar-refractivity contribution is 7.91. The Morgan fingerprint density at radius 3 is 2.61 bits per heavy atom. The molecule has 4 aromatic rings. The lowest BCUT2D eigenvalue weighted by Gasteiger charge is -2.17. The van der Waals surface area contributed by atoms with Crippen molar-refractivity contribution in [2.24, 2.45) is 0 Å². The van der Waals surface area contributed by atoms with E-state index in [1.54, 1.807) is 12.1 Å². The Bertz CT molecular complexity index is 1280. The van der Waals surface area contributed by atoms with E-state index < -0.39 is 26.5 Å². The summed E-state index contributed by atoms with van der Waals surface area (Å²) in [5, 5.41) is 13.3. The van der Waals surface area contributed by atoms with E-state index in [0.29, 0.717) is 22.2 Å². The molecule has 0 radical (unpaired) electrons. The molecule has 3 aromatic heterocycles. The fourth-order valence-corrected chi connectivity index (χ4v) is 4.87. The highest BCUT2D eigenvalue weighted by Gasteiger charge is 2.39. The summed E-state index contributed by atoms with van der Waals surface area (Å²) in [7, 11) is -4.31. The van der Waals surface area contributed by atoms with Crippen LogP contribution in [0.5, 0.6) is 0 Å². The first kappa shape index (κ1) is 18.4. The number of tetrazole rings is 1. The largest absolute Gasteiger partial charge is 0.417 e. The zero-order chi connectivity index (χ0) is 20.1. The molecule has 8 nitrogen and oxygen atoms in total. The van der Waals surface area contributed by atoms with Crippen molar-refractivity contribution in [3.63, 3.8) is 0 Å². The molecule has 0 bridgehead atoms. The van der Waals surface area contributed by atoms with Gasteiger partial charge >= 0.3 is 6.18 Å². The summed E-state index contributed by atoms with van der Waals surface area (Å²) in [6, 6.07) is 5.27. The number of pyridine rings is 1. The smallest absolute Gasteiger partial charge is 0.239 e. The third kappa shape index (κ3) is 3.01. The molecule has 0 saturated carbocycles. The van der Waals surface area contributed by atoms with Gasteiger partial charge < -0.3 is 0 Å². The first-order valence-electron chi connectivity index (χ1n) is 7.57. The van der Waals surface area contributed by atoms with Crippen molar-refractivity contribution in [1.29, 1.82) is 0 Å². The number of hydrogen-bond donors (Lipinski definition) is 1. The number of nitrogens with one attached hydrogen (secondary N) is 1. The first-order chi connectivity index (χ1) is 13.2. The average molecular weight is 426 g/mol. The number of nitrogens with zero attached hydrogens (tertiary/aromatic N) is 5. The standard InChI is InChI=1S/C15H9F3N6O2S2/c1-28(25,26)12-9(15(16,17)18)5-4-7(10(12)14-20-23-24-21-14)11-8-3-2-6-19-13(8)22-27-11/h2-6H,1H3,(H,20,21,23,24). The van der Waals surface area contributed by atoms with Gasteiger partial charge in [0.1, 0.15) is 0 Å². The van der Waals surface area contributed by atoms with Crippen LogP contribution in [-0.4, -0.2) is 44.7 Å². The van der Waals surface area contributed by atoms with Crippen LogP contribution in [0.2, 0.25) is 0 Å². The molecule has 0 aliphatic rings. The number of halogens is 3. The van der Waals surface area contributed by atoms with Gasteiger partial charge in [0.05, 0.1) is 15.3 Å². The van der Waals surface area contributed by atoms with Gasteiger partial charge in [0.15, 0.2) is 21.3 Å². The number of H-pyrrole nitrogens is 1. The number of fused-ring (bicyclic) bond motifs is 1. The highest BCUT2D eigenvalue weighted by Crippen LogP contribution is 2.45. The maximum Gasteiger partial charge on any atom is 0.417 e. The molecule has 0 fully saturated rings. The van der Waals surface area contributed by atoms with E-state index in [9.17, 15) is 21.6 Å². The Morgan fingerprint density at radius 2 is 1.96 bits per heavy atom. The van der Waals surface area contributed by atoms with E-state index in [2.05, 4.69) is 30.0 Å². The highest BCUT2D eigenvalue weighted by atomic mass is 32.2. The van der Waals surface area contributed by atoms with Crippen molar-refractivity contribution < 1.29 is 21.6 Å². The van der Waals surface area contributed by atoms with Crippen LogP contribution in [0.15, 0.2) is 35.4 Å². The topological polar surface area (TPSA) is 114 Å². The average Bonchev–Trinajstić information content (AvgIpc) is 3.28. The lowest BCUT2D eigenvalue weighted by molar-refractivity contribution is -0.139. The summed E-state index contributed by atoms with van der Waals surface area (Å²) in [4.78, 5) is 3.65. The second-order valence-electron chi connectivity index (χ2n) is 5.77. The molecule has 0 atom stereocenters. The summed E-state index contributed by atoms with van der Waals surface area (Å²) in [5.74, 6) is -0.202. The molecular weight excluding hydrogens is 417 g/mol. The van der Waals surface area contributed by atoms with E-state index in [0.717, 1.165) is 17.6 Å². The molecular formula is C15H9F3N6O2S2. The number of alkyl halides is 3. The van der Waals surface area contributed by atoms with Gasteiger partial charge in [-0.1, -0.05) is 6.07 Å². The molecule has 3 heterocycles. The Balaban J connectivity index is 2.17. The van der Waals surface area contributed by atoms with Crippen molar-refractivity contribution in [2.45, 2.75) is 11.1 Å². The van der Waals surface area contributed by atoms with Crippen LogP contribution in [0.4, 0.5) is 13.2 Å². The van der Waals surface area contributed by atoms with E-state index in [4.69, 9.17) is 0 Å². The minimum atomic E-state index is -4.89. The summed E-state index contributed by atoms with van der Waals surface area (Å²) < 4.78 is 69.7. The Labute approximate surface area is 159 Å². The number of benzene rings is 1. The van der Waals surface area contributed by atoms with Crippen LogP contribution < -0.4 is 0 Å². The Morgan fingerprint density at radius 1 is 1.18 bits per heavy atom. The summed E-state index contributed by atoms with van der Waals surface area (Å²) in [6.07, 6.45) is -2.65. The minimum absolute atomic E-state index is 0.201. The molecule has 1 aromatic carbocycles. The van der Waals surface area contributed by atoms with Crippen molar-refractivity contribution in [3.05, 3.63) is 36.0 Å². The third-order valence-corrected chi connectivity index (χ3v) is 5.97. The molecule has 0 saturated heterocycles. The SMILES string of the molecule is CS(=O)(=O)c1c(C(F)(F)F)ccc(-c2snc3ncccc23)c1-c1nnn[nH]1. The molecule has 144 valence electrons. The molecule has 0 spiro atoms. The number of hydrogen-bond acceptors (Lipinski definition) is 8. The normalized spacial score (nSPS) is 12.6. The Kier molecular flexibility index (Phi) is 4.15. The summed E-state index contributed by atoms with van der Waals surface area (Å²) >= 11 is 0.989. The maximum absolute atomic E-state index is 13.6. The van der Waals surface area contributed by atoms with Crippen molar-refractivity contribution in [3.8, 4) is 21.8 Å². The second-order valence-corrected chi connectivity index (χ2v) is 8.50. The van der Waals surface area contributed by atoms with Crippen molar-refractivity contribution >= 4 is 32.4 Å². The van der Waals surface area contributed by atoms with Crippen molar-refractivity contribution in [2.75, 3.05) is 6.26 Å². The summed E-state index contributed by atoms with van der Waals surface area (Å²) in [5.41, 5.74) is -0.966. The lowest BCUT2D eigenvalue weighted by atomic mass is 10.00. The lowest BCUT2D eigenvalue weighted by Crippen LogP contribution is -2.14. The van der Waals surface area contributed by atoms with E-state index in [1.807, 2.05) is 0 Å². The number of rotatable bonds is 3. The third-order valence-electron chi connectivity index (χ3n) is 3.92. The van der Waals surface area contributed by atoms with Gasteiger partial charge in [-0.05, 0) is 40.2 Å². The van der Waals surface area contributed by atoms with Gasteiger partial charge in [0.2, 0.25) is 0 Å². The van der Waals surface area contributed by atoms with Crippen LogP contribution in [0.1, 0.15) is 5.56 Å². The van der Waals surface area contributed by atoms with Gasteiger partial charge in [-0.3, -0.25) is 0 Å². The fraction of sp³-hybridized carbons (Fsp3) is 0.133. The van der Waals surface area contributed by atoms with Crippen LogP contribution >= 0.6 is 11.5 Å². The molecule has 0 aliphatic carbocycles. The zero-order valence-corrected chi connectivity index (χ0v) is 15.5. The molecule has 28 heavy (non-hydrogen) atoms. The second kappa shape index (κ2) is 6.31. The molecule has 0 amide bonds. The summed E-state index contributed by atoms with van der Waals surface area (Å²) in [6.45, 7) is 0. The quantitative estimate of drug-likeness (QED) is 0.536. The molecule has 0 unspecified atom stereocenters. The predicted octanol–water partition coefficient (Wildman–Crippen LogP) is 2.96.